The molecule has 1 rings (SSSR count). The fourth-order valence-corrected chi connectivity index (χ4v) is 2.77. The number of rotatable bonds is 7. The quantitative estimate of drug-likeness (QED) is 0.761. The van der Waals surface area contributed by atoms with E-state index in [4.69, 9.17) is 4.74 Å². The van der Waals surface area contributed by atoms with Crippen LogP contribution in [-0.2, 0) is 4.74 Å². The number of morpholine rings is 1. The highest BCUT2D eigenvalue weighted by molar-refractivity contribution is 4.92. The van der Waals surface area contributed by atoms with E-state index in [-0.39, 0.29) is 11.6 Å². The van der Waals surface area contributed by atoms with Crippen molar-refractivity contribution in [3.8, 4) is 0 Å². The maximum Gasteiger partial charge on any atom is 0.0721 e. The summed E-state index contributed by atoms with van der Waals surface area (Å²) in [5, 5.41) is 10.6. The second-order valence-electron chi connectivity index (χ2n) is 6.15. The van der Waals surface area contributed by atoms with Crippen molar-refractivity contribution >= 4 is 0 Å². The largest absolute Gasteiger partial charge is 0.391 e. The van der Waals surface area contributed by atoms with Gasteiger partial charge in [0.2, 0.25) is 0 Å². The average Bonchev–Trinajstić information content (AvgIpc) is 2.38. The Kier molecular flexibility index (Phi) is 6.61. The van der Waals surface area contributed by atoms with Crippen molar-refractivity contribution in [1.82, 2.24) is 4.90 Å². The van der Waals surface area contributed by atoms with Crippen molar-refractivity contribution in [3.63, 3.8) is 0 Å². The molecule has 3 nitrogen and oxygen atoms in total. The molecule has 0 radical (unpaired) electrons. The van der Waals surface area contributed by atoms with Crippen LogP contribution >= 0.6 is 0 Å². The Morgan fingerprint density at radius 2 is 1.83 bits per heavy atom. The monoisotopic (exact) mass is 257 g/mol. The SMILES string of the molecule is CCC(C)(C(O)CCCC(C)C)N1CCOCC1. The summed E-state index contributed by atoms with van der Waals surface area (Å²) in [7, 11) is 0. The van der Waals surface area contributed by atoms with Crippen LogP contribution in [0.5, 0.6) is 0 Å². The lowest BCUT2D eigenvalue weighted by Crippen LogP contribution is -2.57. The van der Waals surface area contributed by atoms with E-state index in [1.165, 1.54) is 6.42 Å². The Hall–Kier alpha value is -0.120. The van der Waals surface area contributed by atoms with Gasteiger partial charge in [-0.25, -0.2) is 0 Å². The predicted octanol–water partition coefficient (Wildman–Crippen LogP) is 2.67. The molecule has 108 valence electrons. The van der Waals surface area contributed by atoms with Gasteiger partial charge in [0.15, 0.2) is 0 Å². The third-order valence-corrected chi connectivity index (χ3v) is 4.43. The Balaban J connectivity index is 2.50. The fraction of sp³-hybridized carbons (Fsp3) is 1.00. The van der Waals surface area contributed by atoms with Crippen LogP contribution in [0.4, 0.5) is 0 Å². The van der Waals surface area contributed by atoms with E-state index in [1.54, 1.807) is 0 Å². The molecule has 1 N–H and O–H groups in total. The molecule has 3 heteroatoms. The lowest BCUT2D eigenvalue weighted by Gasteiger charge is -2.46. The number of hydrogen-bond donors (Lipinski definition) is 1. The molecule has 0 bridgehead atoms. The van der Waals surface area contributed by atoms with Gasteiger partial charge in [-0.05, 0) is 25.7 Å². The third-order valence-electron chi connectivity index (χ3n) is 4.43. The normalized spacial score (nSPS) is 23.0. The molecule has 0 saturated carbocycles. The minimum Gasteiger partial charge on any atom is -0.391 e. The maximum absolute atomic E-state index is 10.6. The third kappa shape index (κ3) is 4.22. The zero-order valence-corrected chi connectivity index (χ0v) is 12.6. The Morgan fingerprint density at radius 1 is 1.22 bits per heavy atom. The summed E-state index contributed by atoms with van der Waals surface area (Å²) in [6.07, 6.45) is 4.02. The van der Waals surface area contributed by atoms with Crippen molar-refractivity contribution in [2.75, 3.05) is 26.3 Å². The van der Waals surface area contributed by atoms with Gasteiger partial charge in [-0.15, -0.1) is 0 Å². The molecule has 0 aromatic heterocycles. The summed E-state index contributed by atoms with van der Waals surface area (Å²) in [6, 6.07) is 0. The molecule has 1 saturated heterocycles. The molecule has 2 unspecified atom stereocenters. The number of hydrogen-bond acceptors (Lipinski definition) is 3. The van der Waals surface area contributed by atoms with Crippen LogP contribution in [0.2, 0.25) is 0 Å². The van der Waals surface area contributed by atoms with Crippen LogP contribution in [0.15, 0.2) is 0 Å². The number of ether oxygens (including phenoxy) is 1. The Bertz CT molecular complexity index is 227. The minimum absolute atomic E-state index is 0.0826. The first kappa shape index (κ1) is 15.9. The average molecular weight is 257 g/mol. The van der Waals surface area contributed by atoms with Crippen molar-refractivity contribution in [1.29, 1.82) is 0 Å². The molecule has 18 heavy (non-hydrogen) atoms. The van der Waals surface area contributed by atoms with Crippen molar-refractivity contribution in [3.05, 3.63) is 0 Å². The summed E-state index contributed by atoms with van der Waals surface area (Å²) in [5.41, 5.74) is -0.0826. The van der Waals surface area contributed by atoms with E-state index in [2.05, 4.69) is 32.6 Å². The van der Waals surface area contributed by atoms with Crippen molar-refractivity contribution in [2.45, 2.75) is 65.0 Å². The smallest absolute Gasteiger partial charge is 0.0721 e. The van der Waals surface area contributed by atoms with Crippen LogP contribution in [0.25, 0.3) is 0 Å². The van der Waals surface area contributed by atoms with Gasteiger partial charge in [0.05, 0.1) is 19.3 Å². The molecule has 0 aromatic rings. The Labute approximate surface area is 113 Å². The summed E-state index contributed by atoms with van der Waals surface area (Å²) < 4.78 is 5.41. The highest BCUT2D eigenvalue weighted by Gasteiger charge is 2.37. The standard InChI is InChI=1S/C15H31NO2/c1-5-15(4,16-9-11-18-12-10-16)14(17)8-6-7-13(2)3/h13-14,17H,5-12H2,1-4H3. The molecule has 0 spiro atoms. The zero-order chi connectivity index (χ0) is 13.6. The Morgan fingerprint density at radius 3 is 2.33 bits per heavy atom. The molecule has 0 aromatic carbocycles. The summed E-state index contributed by atoms with van der Waals surface area (Å²) in [6.45, 7) is 12.4. The van der Waals surface area contributed by atoms with Gasteiger partial charge in [0, 0.05) is 18.6 Å². The maximum atomic E-state index is 10.6. The molecular formula is C15H31NO2. The number of nitrogens with zero attached hydrogens (tertiary/aromatic N) is 1. The highest BCUT2D eigenvalue weighted by Crippen LogP contribution is 2.28. The highest BCUT2D eigenvalue weighted by atomic mass is 16.5. The van der Waals surface area contributed by atoms with Crippen LogP contribution < -0.4 is 0 Å². The predicted molar refractivity (Wildman–Crippen MR) is 75.8 cm³/mol. The molecule has 1 fully saturated rings. The van der Waals surface area contributed by atoms with E-state index in [1.807, 2.05) is 0 Å². The van der Waals surface area contributed by atoms with Gasteiger partial charge < -0.3 is 9.84 Å². The van der Waals surface area contributed by atoms with Crippen LogP contribution in [0.3, 0.4) is 0 Å². The van der Waals surface area contributed by atoms with Crippen molar-refractivity contribution < 1.29 is 9.84 Å². The lowest BCUT2D eigenvalue weighted by molar-refractivity contribution is -0.0746. The number of aliphatic hydroxyl groups is 1. The lowest BCUT2D eigenvalue weighted by atomic mass is 9.85. The van der Waals surface area contributed by atoms with Gasteiger partial charge in [0.1, 0.15) is 0 Å². The zero-order valence-electron chi connectivity index (χ0n) is 12.6. The summed E-state index contributed by atoms with van der Waals surface area (Å²) in [4.78, 5) is 2.41. The first-order valence-electron chi connectivity index (χ1n) is 7.51. The second kappa shape index (κ2) is 7.46. The second-order valence-corrected chi connectivity index (χ2v) is 6.15. The molecule has 1 aliphatic rings. The summed E-state index contributed by atoms with van der Waals surface area (Å²) >= 11 is 0. The van der Waals surface area contributed by atoms with E-state index in [9.17, 15) is 5.11 Å². The fourth-order valence-electron chi connectivity index (χ4n) is 2.77. The minimum atomic E-state index is -0.223. The van der Waals surface area contributed by atoms with E-state index < -0.39 is 0 Å². The van der Waals surface area contributed by atoms with Gasteiger partial charge in [-0.2, -0.15) is 0 Å². The molecular weight excluding hydrogens is 226 g/mol. The molecule has 1 aliphatic heterocycles. The molecule has 0 aliphatic carbocycles. The molecule has 1 heterocycles. The number of aliphatic hydroxyl groups excluding tert-OH is 1. The first-order valence-corrected chi connectivity index (χ1v) is 7.51. The first-order chi connectivity index (χ1) is 8.50. The van der Waals surface area contributed by atoms with E-state index >= 15 is 0 Å². The van der Waals surface area contributed by atoms with Crippen LogP contribution in [0.1, 0.15) is 53.4 Å². The van der Waals surface area contributed by atoms with Gasteiger partial charge in [-0.3, -0.25) is 4.90 Å². The van der Waals surface area contributed by atoms with Crippen LogP contribution in [-0.4, -0.2) is 48.0 Å². The van der Waals surface area contributed by atoms with Crippen LogP contribution in [0, 0.1) is 5.92 Å². The van der Waals surface area contributed by atoms with E-state index in [0.29, 0.717) is 0 Å². The molecule has 2 atom stereocenters. The van der Waals surface area contributed by atoms with E-state index in [0.717, 1.165) is 51.5 Å². The van der Waals surface area contributed by atoms with Crippen molar-refractivity contribution in [2.24, 2.45) is 5.92 Å². The van der Waals surface area contributed by atoms with Gasteiger partial charge in [0.25, 0.3) is 0 Å². The van der Waals surface area contributed by atoms with Gasteiger partial charge >= 0.3 is 0 Å². The topological polar surface area (TPSA) is 32.7 Å². The summed E-state index contributed by atoms with van der Waals surface area (Å²) in [5.74, 6) is 0.730. The van der Waals surface area contributed by atoms with Gasteiger partial charge in [-0.1, -0.05) is 33.6 Å². The molecule has 0 amide bonds.